The molecule has 8 N–H and O–H groups in total. The number of aliphatic hydroxyl groups is 4. The topological polar surface area (TPSA) is 330 Å². The number of allylic oxidation sites excluding steroid dienone is 4. The van der Waals surface area contributed by atoms with Crippen LogP contribution >= 0.6 is 7.82 Å². The monoisotopic (exact) mass is 1040 g/mol. The van der Waals surface area contributed by atoms with Crippen LogP contribution in [-0.2, 0) is 47.4 Å². The summed E-state index contributed by atoms with van der Waals surface area (Å²) in [7, 11) is -1.78. The van der Waals surface area contributed by atoms with Crippen molar-refractivity contribution in [3.8, 4) is 28.7 Å². The first-order chi connectivity index (χ1) is 34.5. The fourth-order valence-electron chi connectivity index (χ4n) is 13.4. The number of hydrogen-bond acceptors (Lipinski definition) is 19. The summed E-state index contributed by atoms with van der Waals surface area (Å²) in [6.07, 6.45) is 1.03. The minimum atomic E-state index is -4.64. The Kier molecular flexibility index (Phi) is 14.3. The van der Waals surface area contributed by atoms with Crippen molar-refractivity contribution in [1.82, 2.24) is 0 Å². The molecule has 0 spiro atoms. The number of phenolic OH excluding ortho intramolecular Hbond substituents is 1. The zero-order valence-electron chi connectivity index (χ0n) is 40.7. The van der Waals surface area contributed by atoms with Crippen molar-refractivity contribution in [3.05, 3.63) is 64.8 Å². The Bertz CT molecular complexity index is 2610. The van der Waals surface area contributed by atoms with Crippen molar-refractivity contribution in [2.45, 2.75) is 107 Å². The molecule has 23 heteroatoms. The van der Waals surface area contributed by atoms with E-state index in [-0.39, 0.29) is 73.0 Å². The molecular weight excluding hydrogens is 984 g/mol. The minimum absolute atomic E-state index is 0.0206. The summed E-state index contributed by atoms with van der Waals surface area (Å²) in [6.45, 7) is 5.12. The number of cyclic esters (lactones) is 1. The van der Waals surface area contributed by atoms with Crippen LogP contribution in [0.1, 0.15) is 81.6 Å². The smallest absolute Gasteiger partial charge is 0.466 e. The number of phenols is 1. The van der Waals surface area contributed by atoms with E-state index in [2.05, 4.69) is 0 Å². The van der Waals surface area contributed by atoms with Crippen LogP contribution in [0.25, 0.3) is 0 Å². The predicted octanol–water partition coefficient (Wildman–Crippen LogP) is 2.18. The van der Waals surface area contributed by atoms with Gasteiger partial charge in [0.15, 0.2) is 47.1 Å². The van der Waals surface area contributed by atoms with E-state index in [4.69, 9.17) is 61.9 Å². The summed E-state index contributed by atoms with van der Waals surface area (Å²) in [5.74, 6) is -1.62. The van der Waals surface area contributed by atoms with Gasteiger partial charge in [-0.1, -0.05) is 25.5 Å². The lowest BCUT2D eigenvalue weighted by molar-refractivity contribution is -0.364. The van der Waals surface area contributed by atoms with Crippen molar-refractivity contribution < 1.29 is 107 Å². The Morgan fingerprint density at radius 2 is 1.55 bits per heavy atom. The Hall–Kier alpha value is -4.81. The maximum Gasteiger partial charge on any atom is 0.466 e. The van der Waals surface area contributed by atoms with Crippen molar-refractivity contribution in [1.29, 1.82) is 0 Å². The number of aliphatic hydroxyl groups excluding tert-OH is 3. The number of ether oxygens (including phenoxy) is 9. The standard InChI is InChI=1S/C29H32O13.C21H26O5.H3O4P/c1-11-36-9-20-27(40-11)24(31)25(32)29(41-20)42-26-14-7-17-16(38-10-39-17)6-13(14)21(22-15(26)8-37-28(22)33)12-4-18(34-2)23(30)19(5-12)35-3;1-19-7-5-13(23)9-12(19)3-4-14-15-6-8-21(26,17(25)11-22)20(15,2)10-16(24)18(14)19;1-5(2,3)4/h4-7,11,15,20-22,24-27,29-32H,8-10H2,1-3H3;5,7,9,14-15,18,22,26H,3-4,6,8,10-11H2,1-2H3;(H3,1,2,3,4)/t11-,15?,20-,21-,22+,24-,25-,26?,27-,29+;14-,15-,18+,19-,20-,21-;/m10./s1. The maximum absolute atomic E-state index is 13.4. The van der Waals surface area contributed by atoms with Crippen LogP contribution in [0.3, 0.4) is 0 Å². The highest BCUT2D eigenvalue weighted by Crippen LogP contribution is 2.66. The van der Waals surface area contributed by atoms with E-state index in [0.717, 1.165) is 18.4 Å². The zero-order chi connectivity index (χ0) is 52.7. The van der Waals surface area contributed by atoms with Crippen molar-refractivity contribution in [2.75, 3.05) is 40.8 Å². The largest absolute Gasteiger partial charge is 0.502 e. The summed E-state index contributed by atoms with van der Waals surface area (Å²) < 4.78 is 60.4. The molecule has 11 rings (SSSR count). The second-order valence-electron chi connectivity index (χ2n) is 20.5. The van der Waals surface area contributed by atoms with E-state index >= 15 is 0 Å². The lowest BCUT2D eigenvalue weighted by Crippen LogP contribution is -2.63. The maximum atomic E-state index is 13.4. The first kappa shape index (κ1) is 53.0. The average Bonchev–Trinajstić information content (AvgIpc) is 4.04. The fourth-order valence-corrected chi connectivity index (χ4v) is 13.4. The molecule has 2 aromatic rings. The Labute approximate surface area is 419 Å². The van der Waals surface area contributed by atoms with Crippen LogP contribution in [-0.4, -0.2) is 147 Å². The number of aromatic hydroxyl groups is 1. The SMILES string of the molecule is COc1cc([C@@H]2c3cc4c(cc3C(O[C@@H]3O[C@@H]5CO[C@@H](C)O[C@H]5[C@H](O)[C@H]3O)C3COC(=O)[C@@H]32)OCO4)cc(OC)c1O.C[C@]12C=CC(=O)C=C1CC[C@@H]1[C@@H]2C(=O)C[C@@]2(C)[C@H]1CC[C@]2(O)C(=O)CO.O=P(O)(O)O. The van der Waals surface area contributed by atoms with Gasteiger partial charge in [-0.2, -0.15) is 0 Å². The quantitative estimate of drug-likeness (QED) is 0.146. The molecule has 0 amide bonds. The molecular formula is C50H61O22P. The summed E-state index contributed by atoms with van der Waals surface area (Å²) in [4.78, 5) is 72.3. The number of ketones is 3. The van der Waals surface area contributed by atoms with Gasteiger partial charge in [-0.3, -0.25) is 19.2 Å². The van der Waals surface area contributed by atoms with Gasteiger partial charge in [0.25, 0.3) is 0 Å². The third-order valence-electron chi connectivity index (χ3n) is 16.8. The summed E-state index contributed by atoms with van der Waals surface area (Å²) in [5.41, 5.74) is 0.151. The number of fused-ring (bicyclic) bond motifs is 9. The zero-order valence-corrected chi connectivity index (χ0v) is 41.5. The summed E-state index contributed by atoms with van der Waals surface area (Å²) in [5, 5.41) is 53.0. The predicted molar refractivity (Wildman–Crippen MR) is 247 cm³/mol. The van der Waals surface area contributed by atoms with Gasteiger partial charge in [0.05, 0.1) is 39.5 Å². The van der Waals surface area contributed by atoms with Crippen molar-refractivity contribution >= 4 is 31.1 Å². The molecule has 4 aliphatic heterocycles. The highest BCUT2D eigenvalue weighted by molar-refractivity contribution is 7.45. The molecule has 2 unspecified atom stereocenters. The first-order valence-electron chi connectivity index (χ1n) is 24.1. The van der Waals surface area contributed by atoms with Gasteiger partial charge in [-0.15, -0.1) is 0 Å². The minimum Gasteiger partial charge on any atom is -0.502 e. The van der Waals surface area contributed by atoms with E-state index in [1.54, 1.807) is 43.3 Å². The van der Waals surface area contributed by atoms with Gasteiger partial charge in [0, 0.05) is 35.0 Å². The molecule has 0 bridgehead atoms. The third-order valence-corrected chi connectivity index (χ3v) is 16.8. The van der Waals surface area contributed by atoms with Gasteiger partial charge < -0.3 is 82.8 Å². The average molecular weight is 1040 g/mol. The number of phosphoric acid groups is 1. The lowest BCUT2D eigenvalue weighted by atomic mass is 9.46. The van der Waals surface area contributed by atoms with Gasteiger partial charge in [-0.05, 0) is 97.6 Å². The van der Waals surface area contributed by atoms with Crippen LogP contribution < -0.4 is 18.9 Å². The number of benzene rings is 2. The van der Waals surface area contributed by atoms with Crippen LogP contribution in [0.5, 0.6) is 28.7 Å². The molecule has 16 atom stereocenters. The molecule has 0 radical (unpaired) electrons. The summed E-state index contributed by atoms with van der Waals surface area (Å²) >= 11 is 0. The molecule has 3 saturated heterocycles. The molecule has 9 aliphatic rings. The second kappa shape index (κ2) is 19.7. The van der Waals surface area contributed by atoms with E-state index in [9.17, 15) is 44.7 Å². The molecule has 5 aliphatic carbocycles. The third kappa shape index (κ3) is 9.20. The number of esters is 1. The second-order valence-corrected chi connectivity index (χ2v) is 21.5. The molecule has 6 fully saturated rings. The molecule has 3 saturated carbocycles. The first-order valence-corrected chi connectivity index (χ1v) is 25.6. The molecule has 73 heavy (non-hydrogen) atoms. The van der Waals surface area contributed by atoms with Gasteiger partial charge in [0.2, 0.25) is 12.5 Å². The number of Topliss-reactive ketones (excluding diaryl/α,β-unsaturated/α-hetero) is 2. The van der Waals surface area contributed by atoms with E-state index < -0.39 is 103 Å². The Morgan fingerprint density at radius 3 is 2.19 bits per heavy atom. The van der Waals surface area contributed by atoms with Gasteiger partial charge in [0.1, 0.15) is 42.4 Å². The summed E-state index contributed by atoms with van der Waals surface area (Å²) in [6, 6.07) is 6.93. The van der Waals surface area contributed by atoms with Gasteiger partial charge >= 0.3 is 13.8 Å². The van der Waals surface area contributed by atoms with E-state index in [1.807, 2.05) is 19.9 Å². The molecule has 0 aromatic heterocycles. The number of rotatable bonds is 7. The Balaban J connectivity index is 0.000000180. The molecule has 22 nitrogen and oxygen atoms in total. The molecule has 4 heterocycles. The molecule has 2 aromatic carbocycles. The van der Waals surface area contributed by atoms with Crippen LogP contribution in [0, 0.1) is 40.4 Å². The number of methoxy groups -OCH3 is 2. The Morgan fingerprint density at radius 1 is 0.890 bits per heavy atom. The van der Waals surface area contributed by atoms with Crippen LogP contribution in [0.2, 0.25) is 0 Å². The lowest BCUT2D eigenvalue weighted by Gasteiger charge is -2.56. The van der Waals surface area contributed by atoms with Crippen molar-refractivity contribution in [3.63, 3.8) is 0 Å². The molecule has 398 valence electrons. The highest BCUT2D eigenvalue weighted by Gasteiger charge is 2.68. The van der Waals surface area contributed by atoms with Crippen molar-refractivity contribution in [2.24, 2.45) is 40.4 Å². The van der Waals surface area contributed by atoms with Crippen LogP contribution in [0.15, 0.2) is 48.1 Å². The number of hydrogen-bond donors (Lipinski definition) is 8. The van der Waals surface area contributed by atoms with Gasteiger partial charge in [-0.25, -0.2) is 4.57 Å². The number of carbonyl (C=O) groups excluding carboxylic acids is 4. The number of carbonyl (C=O) groups is 4. The van der Waals surface area contributed by atoms with Crippen LogP contribution in [0.4, 0.5) is 0 Å². The van der Waals surface area contributed by atoms with E-state index in [0.29, 0.717) is 41.0 Å². The van der Waals surface area contributed by atoms with E-state index in [1.165, 1.54) is 14.2 Å². The highest BCUT2D eigenvalue weighted by atomic mass is 31.2. The normalized spacial score (nSPS) is 38.5. The fraction of sp³-hybridized carbons (Fsp3) is 0.600.